The summed E-state index contributed by atoms with van der Waals surface area (Å²) in [6.07, 6.45) is 5.59. The van der Waals surface area contributed by atoms with Gasteiger partial charge in [0.05, 0.1) is 45.8 Å². The Morgan fingerprint density at radius 3 is 2.71 bits per heavy atom. The summed E-state index contributed by atoms with van der Waals surface area (Å²) in [7, 11) is 1.69. The van der Waals surface area contributed by atoms with Crippen molar-refractivity contribution in [3.8, 4) is 11.5 Å². The summed E-state index contributed by atoms with van der Waals surface area (Å²) >= 11 is 14.4. The van der Waals surface area contributed by atoms with Gasteiger partial charge in [-0.2, -0.15) is 0 Å². The number of rotatable bonds is 12. The number of nitrogens with one attached hydrogen (secondary N) is 2. The number of piperazine rings is 1. The molecule has 3 atom stereocenters. The molecule has 0 unspecified atom stereocenters. The van der Waals surface area contributed by atoms with Crippen molar-refractivity contribution in [1.82, 2.24) is 20.5 Å². The number of aliphatic hydroxyl groups excluding tert-OH is 1. The van der Waals surface area contributed by atoms with Crippen LogP contribution in [0.3, 0.4) is 0 Å². The number of nitrogens with zero attached hydrogens (tertiary/aromatic N) is 2. The van der Waals surface area contributed by atoms with E-state index in [4.69, 9.17) is 37.7 Å². The summed E-state index contributed by atoms with van der Waals surface area (Å²) in [6, 6.07) is 9.92. The fourth-order valence-corrected chi connectivity index (χ4v) is 7.90. The molecule has 2 aromatic carbocycles. The first-order valence-electron chi connectivity index (χ1n) is 15.6. The number of carbonyl (C=O) groups excluding carboxylic acids is 1. The molecule has 6 rings (SSSR count). The van der Waals surface area contributed by atoms with Gasteiger partial charge in [0, 0.05) is 49.9 Å². The van der Waals surface area contributed by atoms with Crippen molar-refractivity contribution in [2.24, 2.45) is 0 Å². The fourth-order valence-electron chi connectivity index (χ4n) is 6.26. The highest BCUT2D eigenvalue weighted by molar-refractivity contribution is 7.12. The summed E-state index contributed by atoms with van der Waals surface area (Å²) in [4.78, 5) is 22.4. The number of amides is 1. The van der Waals surface area contributed by atoms with Gasteiger partial charge in [-0.1, -0.05) is 35.3 Å². The minimum atomic E-state index is -0.663. The molecule has 2 bridgehead atoms. The van der Waals surface area contributed by atoms with E-state index in [-0.39, 0.29) is 24.0 Å². The number of hydrogen-bond acceptors (Lipinski definition) is 8. The maximum absolute atomic E-state index is 14.5. The van der Waals surface area contributed by atoms with Crippen LogP contribution in [-0.4, -0.2) is 65.8 Å². The monoisotopic (exact) mass is 670 g/mol. The number of fused-ring (bicyclic) bond motifs is 2. The van der Waals surface area contributed by atoms with Crippen molar-refractivity contribution in [3.05, 3.63) is 78.7 Å². The van der Waals surface area contributed by atoms with E-state index in [0.29, 0.717) is 34.5 Å². The van der Waals surface area contributed by atoms with Gasteiger partial charge in [0.15, 0.2) is 5.75 Å². The third kappa shape index (κ3) is 7.19. The molecule has 240 valence electrons. The van der Waals surface area contributed by atoms with E-state index in [9.17, 15) is 9.90 Å². The van der Waals surface area contributed by atoms with E-state index >= 15 is 0 Å². The number of aryl methyl sites for hydroxylation is 1. The Hall–Kier alpha value is -2.66. The molecule has 2 fully saturated rings. The van der Waals surface area contributed by atoms with Gasteiger partial charge in [0.1, 0.15) is 5.75 Å². The quantitative estimate of drug-likeness (QED) is 0.200. The van der Waals surface area contributed by atoms with Crippen LogP contribution in [0.25, 0.3) is 5.57 Å². The van der Waals surface area contributed by atoms with Crippen LogP contribution in [-0.2, 0) is 17.8 Å². The lowest BCUT2D eigenvalue weighted by atomic mass is 9.86. The van der Waals surface area contributed by atoms with E-state index in [1.165, 1.54) is 0 Å². The Morgan fingerprint density at radius 2 is 2.00 bits per heavy atom. The number of ether oxygens (including phenoxy) is 2. The lowest BCUT2D eigenvalue weighted by Crippen LogP contribution is -2.59. The zero-order chi connectivity index (χ0) is 31.7. The molecule has 3 heterocycles. The maximum Gasteiger partial charge on any atom is 0.252 e. The summed E-state index contributed by atoms with van der Waals surface area (Å²) in [5.41, 5.74) is 4.83. The topological polar surface area (TPSA) is 96.0 Å². The molecule has 1 saturated carbocycles. The van der Waals surface area contributed by atoms with E-state index in [1.807, 2.05) is 18.3 Å². The predicted octanol–water partition coefficient (Wildman–Crippen LogP) is 6.11. The van der Waals surface area contributed by atoms with Crippen LogP contribution < -0.4 is 20.1 Å². The Balaban J connectivity index is 1.19. The van der Waals surface area contributed by atoms with Gasteiger partial charge < -0.3 is 30.1 Å². The molecule has 3 aromatic rings. The van der Waals surface area contributed by atoms with Gasteiger partial charge in [0.25, 0.3) is 5.91 Å². The molecular formula is C34H40Cl2N4O4S. The third-order valence-corrected chi connectivity index (χ3v) is 10.5. The van der Waals surface area contributed by atoms with Gasteiger partial charge in [-0.15, -0.1) is 11.3 Å². The first-order valence-corrected chi connectivity index (χ1v) is 17.2. The molecule has 3 aliphatic rings. The lowest BCUT2D eigenvalue weighted by Gasteiger charge is -2.40. The standard InChI is InChI=1S/C34H40Cl2N4O4S/c1-19-21(6-4-7-29(19)43-3)18-40(24-9-10-24)34(42)32-25(14-23-15-37-16-28(32)39-23)30-17-38-31(45-30)8-5-11-44-33-26(35)12-22(20(2)41)13-27(33)36/h4,6-7,12-13,17,20,23-24,28,37,39,41H,5,8-11,14-16,18H2,1-3H3/t20-,23-,28-/m0/s1. The Bertz CT molecular complexity index is 1560. The lowest BCUT2D eigenvalue weighted by molar-refractivity contribution is -0.128. The number of methoxy groups -OCH3 is 1. The second kappa shape index (κ2) is 14.0. The molecule has 2 aliphatic heterocycles. The van der Waals surface area contributed by atoms with Crippen LogP contribution in [0.4, 0.5) is 0 Å². The molecule has 45 heavy (non-hydrogen) atoms. The van der Waals surface area contributed by atoms with Crippen molar-refractivity contribution < 1.29 is 19.4 Å². The normalized spacial score (nSPS) is 20.2. The summed E-state index contributed by atoms with van der Waals surface area (Å²) in [6.45, 7) is 6.32. The SMILES string of the molecule is COc1cccc(CN(C(=O)C2=C(c3cnc(CCCOc4c(Cl)cc([C@H](C)O)cc4Cl)s3)C[C@H]3CNC[C@@H]2N3)C2CC2)c1C. The van der Waals surface area contributed by atoms with E-state index < -0.39 is 6.10 Å². The molecule has 1 aromatic heterocycles. The second-order valence-electron chi connectivity index (χ2n) is 12.1. The van der Waals surface area contributed by atoms with Gasteiger partial charge in [-0.25, -0.2) is 4.98 Å². The van der Waals surface area contributed by atoms with Crippen LogP contribution in [0.1, 0.15) is 65.3 Å². The number of thiazole rings is 1. The Morgan fingerprint density at radius 1 is 1.22 bits per heavy atom. The average Bonchev–Trinajstić information content (AvgIpc) is 3.75. The van der Waals surface area contributed by atoms with Crippen molar-refractivity contribution in [1.29, 1.82) is 0 Å². The van der Waals surface area contributed by atoms with Crippen molar-refractivity contribution >= 4 is 46.0 Å². The first-order chi connectivity index (χ1) is 21.7. The molecule has 1 saturated heterocycles. The van der Waals surface area contributed by atoms with Gasteiger partial charge in [-0.05, 0) is 80.0 Å². The highest BCUT2D eigenvalue weighted by atomic mass is 35.5. The summed E-state index contributed by atoms with van der Waals surface area (Å²) in [5.74, 6) is 1.39. The molecule has 0 radical (unpaired) electrons. The van der Waals surface area contributed by atoms with Gasteiger partial charge in [-0.3, -0.25) is 4.79 Å². The predicted molar refractivity (Wildman–Crippen MR) is 179 cm³/mol. The van der Waals surface area contributed by atoms with Crippen LogP contribution in [0, 0.1) is 6.92 Å². The zero-order valence-electron chi connectivity index (χ0n) is 25.9. The first kappa shape index (κ1) is 32.3. The minimum absolute atomic E-state index is 0.0405. The molecule has 8 nitrogen and oxygen atoms in total. The largest absolute Gasteiger partial charge is 0.496 e. The Kier molecular flexibility index (Phi) is 10.0. The van der Waals surface area contributed by atoms with E-state index in [1.54, 1.807) is 37.5 Å². The molecule has 3 N–H and O–H groups in total. The number of aliphatic hydroxyl groups is 1. The number of aromatic nitrogens is 1. The number of hydrogen-bond donors (Lipinski definition) is 3. The summed E-state index contributed by atoms with van der Waals surface area (Å²) in [5, 5.41) is 18.8. The molecule has 0 spiro atoms. The fraction of sp³-hybridized carbons (Fsp3) is 0.471. The smallest absolute Gasteiger partial charge is 0.252 e. The highest BCUT2D eigenvalue weighted by Crippen LogP contribution is 2.39. The van der Waals surface area contributed by atoms with E-state index in [0.717, 1.165) is 83.1 Å². The van der Waals surface area contributed by atoms with Crippen LogP contribution in [0.2, 0.25) is 10.0 Å². The minimum Gasteiger partial charge on any atom is -0.496 e. The van der Waals surface area contributed by atoms with Crippen LogP contribution >= 0.6 is 34.5 Å². The average molecular weight is 672 g/mol. The van der Waals surface area contributed by atoms with E-state index in [2.05, 4.69) is 28.5 Å². The molecule has 1 amide bonds. The van der Waals surface area contributed by atoms with Crippen molar-refractivity contribution in [3.63, 3.8) is 0 Å². The van der Waals surface area contributed by atoms with Gasteiger partial charge in [0.2, 0.25) is 0 Å². The molecule has 11 heteroatoms. The molecular weight excluding hydrogens is 631 g/mol. The van der Waals surface area contributed by atoms with Gasteiger partial charge >= 0.3 is 0 Å². The second-order valence-corrected chi connectivity index (χ2v) is 14.1. The third-order valence-electron chi connectivity index (χ3n) is 8.87. The van der Waals surface area contributed by atoms with Crippen LogP contribution in [0.15, 0.2) is 42.1 Å². The Labute approximate surface area is 278 Å². The van der Waals surface area contributed by atoms with Crippen molar-refractivity contribution in [2.45, 2.75) is 76.7 Å². The molecule has 1 aliphatic carbocycles. The number of carbonyl (C=O) groups is 1. The maximum atomic E-state index is 14.5. The number of benzene rings is 2. The van der Waals surface area contributed by atoms with Crippen LogP contribution in [0.5, 0.6) is 11.5 Å². The number of halogens is 2. The highest BCUT2D eigenvalue weighted by Gasteiger charge is 2.41. The zero-order valence-corrected chi connectivity index (χ0v) is 28.2. The summed E-state index contributed by atoms with van der Waals surface area (Å²) < 4.78 is 11.5. The van der Waals surface area contributed by atoms with Crippen molar-refractivity contribution in [2.75, 3.05) is 26.8 Å².